The van der Waals surface area contributed by atoms with Crippen LogP contribution in [0.5, 0.6) is 0 Å². The molecule has 1 aromatic heterocycles. The van der Waals surface area contributed by atoms with E-state index < -0.39 is 0 Å². The van der Waals surface area contributed by atoms with E-state index >= 15 is 0 Å². The van der Waals surface area contributed by atoms with Crippen molar-refractivity contribution in [2.45, 2.75) is 0 Å². The second-order valence-corrected chi connectivity index (χ2v) is 13.8. The van der Waals surface area contributed by atoms with Gasteiger partial charge in [-0.05, 0) is 80.9 Å². The first-order valence-electron chi connectivity index (χ1n) is 18.7. The molecule has 0 fully saturated rings. The number of rotatable bonds is 7. The monoisotopic (exact) mass is 701 g/mol. The molecular formula is C52H35N3. The highest BCUT2D eigenvalue weighted by molar-refractivity contribution is 6.19. The van der Waals surface area contributed by atoms with Crippen LogP contribution in [0.25, 0.3) is 77.3 Å². The molecule has 258 valence electrons. The zero-order valence-corrected chi connectivity index (χ0v) is 30.0. The van der Waals surface area contributed by atoms with Crippen LogP contribution < -0.4 is 4.90 Å². The fourth-order valence-electron chi connectivity index (χ4n) is 7.71. The van der Waals surface area contributed by atoms with Crippen LogP contribution >= 0.6 is 0 Å². The third-order valence-corrected chi connectivity index (χ3v) is 10.4. The highest BCUT2D eigenvalue weighted by atomic mass is 15.1. The van der Waals surface area contributed by atoms with E-state index in [2.05, 4.69) is 205 Å². The Morgan fingerprint density at radius 1 is 0.309 bits per heavy atom. The summed E-state index contributed by atoms with van der Waals surface area (Å²) in [6.45, 7) is 0. The summed E-state index contributed by atoms with van der Waals surface area (Å²) in [6, 6.07) is 75.1. The first kappa shape index (κ1) is 32.3. The van der Waals surface area contributed by atoms with E-state index in [-0.39, 0.29) is 0 Å². The van der Waals surface area contributed by atoms with E-state index in [4.69, 9.17) is 9.97 Å². The quantitative estimate of drug-likeness (QED) is 0.155. The molecule has 55 heavy (non-hydrogen) atoms. The molecule has 3 heteroatoms. The SMILES string of the molecule is c1ccc(-c2ccc(N(c3cccc(-c4ccccc4)c3)c3ccc4ccc5ccc6nc(-c7ccccc7)c(-c7ccccc7)nc6c5c4c3)cc2)cc1. The Kier molecular flexibility index (Phi) is 8.16. The Balaban J connectivity index is 1.20. The predicted octanol–water partition coefficient (Wildman–Crippen LogP) is 14.1. The summed E-state index contributed by atoms with van der Waals surface area (Å²) in [5.74, 6) is 0. The van der Waals surface area contributed by atoms with Crippen LogP contribution in [0.3, 0.4) is 0 Å². The van der Waals surface area contributed by atoms with Gasteiger partial charge in [-0.2, -0.15) is 0 Å². The van der Waals surface area contributed by atoms with Crippen molar-refractivity contribution in [1.82, 2.24) is 9.97 Å². The van der Waals surface area contributed by atoms with Gasteiger partial charge in [-0.15, -0.1) is 0 Å². The zero-order valence-electron chi connectivity index (χ0n) is 30.0. The maximum Gasteiger partial charge on any atom is 0.0979 e. The number of benzene rings is 9. The summed E-state index contributed by atoms with van der Waals surface area (Å²) >= 11 is 0. The van der Waals surface area contributed by atoms with E-state index in [0.29, 0.717) is 0 Å². The van der Waals surface area contributed by atoms with Gasteiger partial charge in [-0.3, -0.25) is 0 Å². The van der Waals surface area contributed by atoms with Crippen LogP contribution in [-0.2, 0) is 0 Å². The summed E-state index contributed by atoms with van der Waals surface area (Å²) < 4.78 is 0. The fourth-order valence-corrected chi connectivity index (χ4v) is 7.71. The van der Waals surface area contributed by atoms with Crippen molar-refractivity contribution < 1.29 is 0 Å². The molecule has 9 aromatic carbocycles. The zero-order chi connectivity index (χ0) is 36.6. The van der Waals surface area contributed by atoms with Gasteiger partial charge >= 0.3 is 0 Å². The van der Waals surface area contributed by atoms with E-state index in [1.54, 1.807) is 0 Å². The molecule has 0 unspecified atom stereocenters. The summed E-state index contributed by atoms with van der Waals surface area (Å²) in [4.78, 5) is 13.2. The van der Waals surface area contributed by atoms with Gasteiger partial charge in [-0.1, -0.05) is 170 Å². The molecule has 0 atom stereocenters. The van der Waals surface area contributed by atoms with E-state index in [1.165, 1.54) is 22.3 Å². The molecule has 0 spiro atoms. The second-order valence-electron chi connectivity index (χ2n) is 13.8. The minimum Gasteiger partial charge on any atom is -0.310 e. The third-order valence-electron chi connectivity index (χ3n) is 10.4. The lowest BCUT2D eigenvalue weighted by Crippen LogP contribution is -2.10. The number of fused-ring (bicyclic) bond motifs is 5. The first-order valence-corrected chi connectivity index (χ1v) is 18.7. The van der Waals surface area contributed by atoms with E-state index in [9.17, 15) is 0 Å². The Bertz CT molecular complexity index is 2940. The number of anilines is 3. The molecule has 0 bridgehead atoms. The van der Waals surface area contributed by atoms with Crippen LogP contribution in [-0.4, -0.2) is 9.97 Å². The van der Waals surface area contributed by atoms with Gasteiger partial charge in [0.05, 0.1) is 22.4 Å². The van der Waals surface area contributed by atoms with Crippen molar-refractivity contribution in [2.24, 2.45) is 0 Å². The number of aromatic nitrogens is 2. The molecule has 0 aliphatic rings. The summed E-state index contributed by atoms with van der Waals surface area (Å²) in [7, 11) is 0. The normalized spacial score (nSPS) is 11.3. The van der Waals surface area contributed by atoms with Gasteiger partial charge in [0.25, 0.3) is 0 Å². The van der Waals surface area contributed by atoms with E-state index in [0.717, 1.165) is 72.2 Å². The summed E-state index contributed by atoms with van der Waals surface area (Å²) in [5.41, 5.74) is 13.5. The van der Waals surface area contributed by atoms with Gasteiger partial charge in [0.15, 0.2) is 0 Å². The van der Waals surface area contributed by atoms with Gasteiger partial charge < -0.3 is 4.90 Å². The maximum atomic E-state index is 5.50. The molecule has 3 nitrogen and oxygen atoms in total. The fraction of sp³-hybridized carbons (Fsp3) is 0. The molecule has 0 saturated heterocycles. The molecule has 0 radical (unpaired) electrons. The minimum absolute atomic E-state index is 0.868. The van der Waals surface area contributed by atoms with Crippen molar-refractivity contribution in [3.8, 4) is 44.8 Å². The Labute approximate surface area is 320 Å². The lowest BCUT2D eigenvalue weighted by molar-refractivity contribution is 1.29. The molecular weight excluding hydrogens is 667 g/mol. The van der Waals surface area contributed by atoms with Crippen molar-refractivity contribution in [2.75, 3.05) is 4.90 Å². The number of hydrogen-bond acceptors (Lipinski definition) is 3. The number of hydrogen-bond donors (Lipinski definition) is 0. The van der Waals surface area contributed by atoms with Crippen molar-refractivity contribution >= 4 is 49.6 Å². The molecule has 1 heterocycles. The van der Waals surface area contributed by atoms with Crippen LogP contribution in [0.15, 0.2) is 212 Å². The Hall–Kier alpha value is -7.36. The Morgan fingerprint density at radius 3 is 1.44 bits per heavy atom. The summed E-state index contributed by atoms with van der Waals surface area (Å²) in [5, 5.41) is 4.50. The Morgan fingerprint density at radius 2 is 0.782 bits per heavy atom. The molecule has 0 aliphatic carbocycles. The van der Waals surface area contributed by atoms with E-state index in [1.807, 2.05) is 12.1 Å². The lowest BCUT2D eigenvalue weighted by atomic mass is 9.98. The van der Waals surface area contributed by atoms with Crippen LogP contribution in [0.4, 0.5) is 17.1 Å². The maximum absolute atomic E-state index is 5.50. The van der Waals surface area contributed by atoms with Gasteiger partial charge in [0.1, 0.15) is 0 Å². The second kappa shape index (κ2) is 13.9. The van der Waals surface area contributed by atoms with Crippen molar-refractivity contribution in [1.29, 1.82) is 0 Å². The summed E-state index contributed by atoms with van der Waals surface area (Å²) in [6.07, 6.45) is 0. The van der Waals surface area contributed by atoms with Gasteiger partial charge in [-0.25, -0.2) is 9.97 Å². The van der Waals surface area contributed by atoms with Gasteiger partial charge in [0, 0.05) is 33.6 Å². The lowest BCUT2D eigenvalue weighted by Gasteiger charge is -2.27. The highest BCUT2D eigenvalue weighted by Crippen LogP contribution is 2.41. The minimum atomic E-state index is 0.868. The van der Waals surface area contributed by atoms with Crippen LogP contribution in [0.2, 0.25) is 0 Å². The largest absolute Gasteiger partial charge is 0.310 e. The predicted molar refractivity (Wildman–Crippen MR) is 231 cm³/mol. The highest BCUT2D eigenvalue weighted by Gasteiger charge is 2.19. The molecule has 10 rings (SSSR count). The standard InChI is InChI=1S/C52H35N3/c1-5-14-36(15-6-1)38-26-30-44(31-27-38)55(45-23-13-22-43(34-45)37-16-7-2-8-17-37)46-32-28-39-24-25-40-29-33-48-52(49(40)47(39)35-46)54-51(42-20-11-4-12-21-42)50(53-48)41-18-9-3-10-19-41/h1-35H. The van der Waals surface area contributed by atoms with Crippen molar-refractivity contribution in [3.05, 3.63) is 212 Å². The smallest absolute Gasteiger partial charge is 0.0979 e. The van der Waals surface area contributed by atoms with Crippen LogP contribution in [0, 0.1) is 0 Å². The topological polar surface area (TPSA) is 29.0 Å². The molecule has 10 aromatic rings. The molecule has 0 N–H and O–H groups in total. The van der Waals surface area contributed by atoms with Crippen molar-refractivity contribution in [3.63, 3.8) is 0 Å². The first-order chi connectivity index (χ1) is 27.3. The third kappa shape index (κ3) is 6.08. The van der Waals surface area contributed by atoms with Crippen LogP contribution in [0.1, 0.15) is 0 Å². The van der Waals surface area contributed by atoms with Gasteiger partial charge in [0.2, 0.25) is 0 Å². The molecule has 0 amide bonds. The molecule has 0 aliphatic heterocycles. The average molecular weight is 702 g/mol. The number of nitrogens with zero attached hydrogens (tertiary/aromatic N) is 3. The molecule has 0 saturated carbocycles. The average Bonchev–Trinajstić information content (AvgIpc) is 3.27.